The van der Waals surface area contributed by atoms with Gasteiger partial charge in [0.2, 0.25) is 0 Å². The van der Waals surface area contributed by atoms with Crippen LogP contribution in [0.4, 0.5) is 0 Å². The van der Waals surface area contributed by atoms with Crippen LogP contribution < -0.4 is 10.6 Å². The minimum absolute atomic E-state index is 0.129. The predicted octanol–water partition coefficient (Wildman–Crippen LogP) is 1.46. The quantitative estimate of drug-likeness (QED) is 0.489. The fraction of sp³-hybridized carbons (Fsp3) is 0.400. The Kier molecular flexibility index (Phi) is 8.29. The van der Waals surface area contributed by atoms with Crippen molar-refractivity contribution in [3.63, 3.8) is 0 Å². The Bertz CT molecular complexity index is 381. The van der Waals surface area contributed by atoms with Crippen molar-refractivity contribution in [1.29, 1.82) is 0 Å². The van der Waals surface area contributed by atoms with E-state index in [4.69, 9.17) is 0 Å². The van der Waals surface area contributed by atoms with Gasteiger partial charge in [-0.3, -0.25) is 4.79 Å². The van der Waals surface area contributed by atoms with Gasteiger partial charge in [-0.2, -0.15) is 0 Å². The zero-order chi connectivity index (χ0) is 14.8. The molecule has 0 aromatic carbocycles. The van der Waals surface area contributed by atoms with Gasteiger partial charge in [-0.1, -0.05) is 31.9 Å². The number of carbonyl (C=O) groups excluding carboxylic acids is 1. The molecule has 0 atom stereocenters. The molecular formula is C15H25N3O. The number of hydrogen-bond donors (Lipinski definition) is 2. The second kappa shape index (κ2) is 9.16. The summed E-state index contributed by atoms with van der Waals surface area (Å²) in [5.41, 5.74) is 2.32. The molecule has 0 aliphatic heterocycles. The van der Waals surface area contributed by atoms with E-state index < -0.39 is 0 Å². The van der Waals surface area contributed by atoms with Crippen molar-refractivity contribution in [2.24, 2.45) is 0 Å². The van der Waals surface area contributed by atoms with Gasteiger partial charge in [0.15, 0.2) is 0 Å². The molecule has 19 heavy (non-hydrogen) atoms. The van der Waals surface area contributed by atoms with E-state index in [1.165, 1.54) is 0 Å². The number of rotatable bonds is 9. The van der Waals surface area contributed by atoms with Crippen LogP contribution in [0.5, 0.6) is 0 Å². The first-order valence-corrected chi connectivity index (χ1v) is 6.22. The van der Waals surface area contributed by atoms with Gasteiger partial charge in [0.25, 0.3) is 5.91 Å². The minimum Gasteiger partial charge on any atom is -0.392 e. The standard InChI is InChI=1S/C15H25N3O/c1-7-13(11-18(5)6)14(8-2)15(19)17-10-9-12(3)16-4/h7-8,16H,1-3,9-11H2,4-6H3,(H,17,19)/b14-13-. The van der Waals surface area contributed by atoms with E-state index in [9.17, 15) is 4.79 Å². The summed E-state index contributed by atoms with van der Waals surface area (Å²) in [6.07, 6.45) is 3.97. The van der Waals surface area contributed by atoms with Crippen molar-refractivity contribution < 1.29 is 4.79 Å². The lowest BCUT2D eigenvalue weighted by Crippen LogP contribution is -2.28. The summed E-state index contributed by atoms with van der Waals surface area (Å²) in [7, 11) is 5.70. The molecule has 0 spiro atoms. The first-order chi connectivity index (χ1) is 8.96. The molecule has 1 amide bonds. The minimum atomic E-state index is -0.129. The van der Waals surface area contributed by atoms with Gasteiger partial charge in [0.05, 0.1) is 0 Å². The smallest absolute Gasteiger partial charge is 0.251 e. The van der Waals surface area contributed by atoms with Gasteiger partial charge in [0, 0.05) is 37.8 Å². The third kappa shape index (κ3) is 6.62. The van der Waals surface area contributed by atoms with Crippen molar-refractivity contribution in [2.45, 2.75) is 6.42 Å². The Morgan fingerprint density at radius 3 is 2.32 bits per heavy atom. The second-order valence-corrected chi connectivity index (χ2v) is 4.44. The van der Waals surface area contributed by atoms with Crippen molar-refractivity contribution in [1.82, 2.24) is 15.5 Å². The van der Waals surface area contributed by atoms with E-state index >= 15 is 0 Å². The Morgan fingerprint density at radius 1 is 1.26 bits per heavy atom. The van der Waals surface area contributed by atoms with Gasteiger partial charge in [-0.15, -0.1) is 0 Å². The van der Waals surface area contributed by atoms with Gasteiger partial charge in [-0.05, 0) is 19.7 Å². The fourth-order valence-corrected chi connectivity index (χ4v) is 1.52. The zero-order valence-corrected chi connectivity index (χ0v) is 12.3. The summed E-state index contributed by atoms with van der Waals surface area (Å²) in [6, 6.07) is 0. The van der Waals surface area contributed by atoms with Crippen LogP contribution in [0.25, 0.3) is 0 Å². The number of nitrogens with zero attached hydrogens (tertiary/aromatic N) is 1. The van der Waals surface area contributed by atoms with Gasteiger partial charge >= 0.3 is 0 Å². The molecular weight excluding hydrogens is 238 g/mol. The van der Waals surface area contributed by atoms with Gasteiger partial charge in [0.1, 0.15) is 0 Å². The van der Waals surface area contributed by atoms with E-state index in [1.54, 1.807) is 12.2 Å². The van der Waals surface area contributed by atoms with Gasteiger partial charge in [-0.25, -0.2) is 0 Å². The molecule has 0 bridgehead atoms. The third-order valence-corrected chi connectivity index (χ3v) is 2.59. The highest BCUT2D eigenvalue weighted by Crippen LogP contribution is 2.08. The molecule has 0 rings (SSSR count). The molecule has 0 aliphatic carbocycles. The first-order valence-electron chi connectivity index (χ1n) is 6.22. The van der Waals surface area contributed by atoms with E-state index in [1.807, 2.05) is 26.0 Å². The average molecular weight is 263 g/mol. The van der Waals surface area contributed by atoms with Crippen molar-refractivity contribution in [3.05, 3.63) is 48.7 Å². The fourth-order valence-electron chi connectivity index (χ4n) is 1.52. The molecule has 106 valence electrons. The number of nitrogens with one attached hydrogen (secondary N) is 2. The molecule has 2 N–H and O–H groups in total. The van der Waals surface area contributed by atoms with E-state index in [-0.39, 0.29) is 5.91 Å². The van der Waals surface area contributed by atoms with Crippen LogP contribution in [0.2, 0.25) is 0 Å². The Balaban J connectivity index is 4.69. The van der Waals surface area contributed by atoms with E-state index in [0.717, 1.165) is 11.3 Å². The normalized spacial score (nSPS) is 11.6. The summed E-state index contributed by atoms with van der Waals surface area (Å²) in [5.74, 6) is -0.129. The molecule has 0 radical (unpaired) electrons. The first kappa shape index (κ1) is 17.2. The van der Waals surface area contributed by atoms with Crippen LogP contribution >= 0.6 is 0 Å². The highest BCUT2D eigenvalue weighted by Gasteiger charge is 2.10. The summed E-state index contributed by atoms with van der Waals surface area (Å²) in [5, 5.41) is 5.79. The number of hydrogen-bond acceptors (Lipinski definition) is 3. The van der Waals surface area contributed by atoms with Gasteiger partial charge < -0.3 is 15.5 Å². The summed E-state index contributed by atoms with van der Waals surface area (Å²) in [4.78, 5) is 14.1. The molecule has 0 fully saturated rings. The van der Waals surface area contributed by atoms with Crippen molar-refractivity contribution >= 4 is 5.91 Å². The molecule has 0 heterocycles. The lowest BCUT2D eigenvalue weighted by molar-refractivity contribution is -0.117. The SMILES string of the molecule is C=C/C(CN(C)C)=C(\C=C)C(=O)NCCC(=C)NC. The van der Waals surface area contributed by atoms with Crippen LogP contribution in [0.15, 0.2) is 48.7 Å². The van der Waals surface area contributed by atoms with Crippen LogP contribution in [0.3, 0.4) is 0 Å². The Morgan fingerprint density at radius 2 is 1.89 bits per heavy atom. The van der Waals surface area contributed by atoms with Crippen LogP contribution in [-0.2, 0) is 4.79 Å². The Labute approximate surface area is 116 Å². The molecule has 0 aromatic rings. The van der Waals surface area contributed by atoms with Crippen LogP contribution in [0.1, 0.15) is 6.42 Å². The molecule has 4 heteroatoms. The molecule has 0 saturated carbocycles. The maximum atomic E-state index is 12.1. The number of likely N-dealkylation sites (N-methyl/N-ethyl adjacent to an activating group) is 1. The number of amides is 1. The number of carbonyl (C=O) groups is 1. The van der Waals surface area contributed by atoms with E-state index in [2.05, 4.69) is 30.4 Å². The highest BCUT2D eigenvalue weighted by atomic mass is 16.1. The summed E-state index contributed by atoms with van der Waals surface area (Å²) >= 11 is 0. The Hall–Kier alpha value is -1.81. The van der Waals surface area contributed by atoms with Crippen molar-refractivity contribution in [3.8, 4) is 0 Å². The largest absolute Gasteiger partial charge is 0.392 e. The molecule has 4 nitrogen and oxygen atoms in total. The van der Waals surface area contributed by atoms with Crippen LogP contribution in [0, 0.1) is 0 Å². The lowest BCUT2D eigenvalue weighted by Gasteiger charge is -2.14. The third-order valence-electron chi connectivity index (χ3n) is 2.59. The molecule has 0 aromatic heterocycles. The monoisotopic (exact) mass is 263 g/mol. The maximum absolute atomic E-state index is 12.1. The van der Waals surface area contributed by atoms with Crippen molar-refractivity contribution in [2.75, 3.05) is 34.2 Å². The second-order valence-electron chi connectivity index (χ2n) is 4.44. The maximum Gasteiger partial charge on any atom is 0.251 e. The lowest BCUT2D eigenvalue weighted by atomic mass is 10.1. The summed E-state index contributed by atoms with van der Waals surface area (Å²) < 4.78 is 0. The average Bonchev–Trinajstić information content (AvgIpc) is 2.37. The molecule has 0 saturated heterocycles. The highest BCUT2D eigenvalue weighted by molar-refractivity contribution is 5.97. The van der Waals surface area contributed by atoms with Crippen LogP contribution in [-0.4, -0.2) is 45.0 Å². The topological polar surface area (TPSA) is 44.4 Å². The summed E-state index contributed by atoms with van der Waals surface area (Å²) in [6.45, 7) is 12.5. The van der Waals surface area contributed by atoms with E-state index in [0.29, 0.717) is 25.1 Å². The zero-order valence-electron chi connectivity index (χ0n) is 12.3. The molecule has 0 aliphatic rings. The molecule has 0 unspecified atom stereocenters. The predicted molar refractivity (Wildman–Crippen MR) is 81.8 cm³/mol.